The van der Waals surface area contributed by atoms with E-state index in [2.05, 4.69) is 14.8 Å². The molecule has 0 radical (unpaired) electrons. The summed E-state index contributed by atoms with van der Waals surface area (Å²) in [5, 5.41) is 31.4. The summed E-state index contributed by atoms with van der Waals surface area (Å²) in [5.41, 5.74) is 7.41. The number of nitrogens with zero attached hydrogens (tertiary/aromatic N) is 2. The molecule has 0 bridgehead atoms. The molecule has 0 saturated carbocycles. The maximum atomic E-state index is 9.17. The molecule has 0 atom stereocenters. The predicted molar refractivity (Wildman–Crippen MR) is 98.7 cm³/mol. The predicted octanol–water partition coefficient (Wildman–Crippen LogP) is 3.03. The molecule has 2 heterocycles. The summed E-state index contributed by atoms with van der Waals surface area (Å²) in [4.78, 5) is 0. The second-order valence-corrected chi connectivity index (χ2v) is 6.00. The first kappa shape index (κ1) is 16.9. The number of nitrogens with one attached hydrogen (secondary N) is 3. The Kier molecular flexibility index (Phi) is 4.63. The number of hydrogen-bond acceptors (Lipinski definition) is 4. The average molecular weight is 335 g/mol. The number of aromatic nitrogens is 3. The van der Waals surface area contributed by atoms with Crippen LogP contribution in [-0.2, 0) is 13.2 Å². The highest BCUT2D eigenvalue weighted by atomic mass is 16.3. The molecule has 3 rings (SSSR count). The first-order valence-electron chi connectivity index (χ1n) is 8.04. The Bertz CT molecular complexity index is 918. The van der Waals surface area contributed by atoms with E-state index in [9.17, 15) is 0 Å². The molecule has 6 nitrogen and oxygen atoms in total. The van der Waals surface area contributed by atoms with Crippen LogP contribution in [0.15, 0.2) is 30.3 Å². The van der Waals surface area contributed by atoms with Crippen LogP contribution in [0, 0.1) is 24.7 Å². The number of aromatic amines is 1. The lowest BCUT2D eigenvalue weighted by Gasteiger charge is -2.08. The van der Waals surface area contributed by atoms with Gasteiger partial charge in [-0.05, 0) is 31.0 Å². The van der Waals surface area contributed by atoms with Gasteiger partial charge in [0, 0.05) is 34.9 Å². The Morgan fingerprint density at radius 2 is 1.84 bits per heavy atom. The molecular formula is C19H21N5O. The van der Waals surface area contributed by atoms with Gasteiger partial charge in [-0.2, -0.15) is 5.10 Å². The van der Waals surface area contributed by atoms with E-state index in [0.717, 1.165) is 39.3 Å². The van der Waals surface area contributed by atoms with Gasteiger partial charge < -0.3 is 20.5 Å². The Morgan fingerprint density at radius 3 is 2.40 bits per heavy atom. The highest BCUT2D eigenvalue weighted by Crippen LogP contribution is 2.32. The molecule has 2 aromatic heterocycles. The minimum absolute atomic E-state index is 0.0868. The van der Waals surface area contributed by atoms with Crippen molar-refractivity contribution in [2.24, 2.45) is 0 Å². The number of aliphatic hydroxyl groups excluding tert-OH is 1. The fourth-order valence-electron chi connectivity index (χ4n) is 3.17. The molecule has 4 N–H and O–H groups in total. The van der Waals surface area contributed by atoms with Crippen LogP contribution in [0.25, 0.3) is 11.1 Å². The van der Waals surface area contributed by atoms with Gasteiger partial charge in [0.15, 0.2) is 0 Å². The lowest BCUT2D eigenvalue weighted by atomic mass is 10.00. The Balaban J connectivity index is 2.06. The Labute approximate surface area is 146 Å². The van der Waals surface area contributed by atoms with Gasteiger partial charge in [-0.1, -0.05) is 24.3 Å². The third-order valence-electron chi connectivity index (χ3n) is 4.52. The van der Waals surface area contributed by atoms with Gasteiger partial charge in [0.1, 0.15) is 0 Å². The molecule has 0 spiro atoms. The molecule has 3 aromatic rings. The highest BCUT2D eigenvalue weighted by Gasteiger charge is 2.18. The molecule has 0 amide bonds. The zero-order valence-electron chi connectivity index (χ0n) is 14.3. The van der Waals surface area contributed by atoms with Crippen LogP contribution in [0.5, 0.6) is 0 Å². The quantitative estimate of drug-likeness (QED) is 0.520. The maximum Gasteiger partial charge on any atom is 0.0879 e. The van der Waals surface area contributed by atoms with Crippen molar-refractivity contribution >= 4 is 12.4 Å². The second kappa shape index (κ2) is 6.86. The van der Waals surface area contributed by atoms with Gasteiger partial charge in [-0.15, -0.1) is 0 Å². The summed E-state index contributed by atoms with van der Waals surface area (Å²) in [6.07, 6.45) is 2.71. The van der Waals surface area contributed by atoms with Crippen LogP contribution in [0.1, 0.15) is 33.9 Å². The summed E-state index contributed by atoms with van der Waals surface area (Å²) in [5.74, 6) is 0. The largest absolute Gasteiger partial charge is 0.390 e. The summed E-state index contributed by atoms with van der Waals surface area (Å²) >= 11 is 0. The minimum Gasteiger partial charge on any atom is -0.390 e. The molecular weight excluding hydrogens is 314 g/mol. The summed E-state index contributed by atoms with van der Waals surface area (Å²) in [6.45, 7) is 4.57. The Morgan fingerprint density at radius 1 is 1.12 bits per heavy atom. The molecule has 6 heteroatoms. The third-order valence-corrected chi connectivity index (χ3v) is 4.52. The number of aliphatic hydroxyl groups is 1. The van der Waals surface area contributed by atoms with Crippen molar-refractivity contribution < 1.29 is 5.11 Å². The molecule has 25 heavy (non-hydrogen) atoms. The summed E-state index contributed by atoms with van der Waals surface area (Å²) in [7, 11) is 0. The van der Waals surface area contributed by atoms with E-state index in [1.807, 2.05) is 44.2 Å². The second-order valence-electron chi connectivity index (χ2n) is 6.00. The van der Waals surface area contributed by atoms with E-state index >= 15 is 0 Å². The van der Waals surface area contributed by atoms with Crippen LogP contribution < -0.4 is 0 Å². The lowest BCUT2D eigenvalue weighted by molar-refractivity contribution is 0.276. The monoisotopic (exact) mass is 335 g/mol. The van der Waals surface area contributed by atoms with Gasteiger partial charge in [0.25, 0.3) is 0 Å². The molecule has 128 valence electrons. The van der Waals surface area contributed by atoms with E-state index < -0.39 is 0 Å². The fourth-order valence-corrected chi connectivity index (χ4v) is 3.17. The van der Waals surface area contributed by atoms with Crippen molar-refractivity contribution in [2.45, 2.75) is 27.0 Å². The molecule has 0 fully saturated rings. The van der Waals surface area contributed by atoms with Crippen molar-refractivity contribution in [1.29, 1.82) is 10.8 Å². The standard InChI is InChI=1S/C19H21N5O/c1-12-18(9-21)19(15-5-3-14(8-20)4-6-15)13(2)24(12)10-16-7-17(11-25)23-22-16/h3-9,20-21,25H,10-11H2,1-2H3,(H,22,23). The van der Waals surface area contributed by atoms with Gasteiger partial charge in [0.05, 0.1) is 24.5 Å². The number of rotatable bonds is 6. The molecule has 0 aliphatic rings. The van der Waals surface area contributed by atoms with Crippen molar-refractivity contribution in [1.82, 2.24) is 14.8 Å². The van der Waals surface area contributed by atoms with Crippen molar-refractivity contribution in [3.05, 3.63) is 64.2 Å². The summed E-state index contributed by atoms with van der Waals surface area (Å²) < 4.78 is 2.15. The zero-order chi connectivity index (χ0) is 18.0. The fraction of sp³-hybridized carbons (Fsp3) is 0.211. The number of benzene rings is 1. The van der Waals surface area contributed by atoms with Gasteiger partial charge >= 0.3 is 0 Å². The van der Waals surface area contributed by atoms with Gasteiger partial charge in [0.2, 0.25) is 0 Å². The number of hydrogen-bond donors (Lipinski definition) is 4. The topological polar surface area (TPSA) is 102 Å². The first-order chi connectivity index (χ1) is 12.1. The highest BCUT2D eigenvalue weighted by molar-refractivity contribution is 5.92. The van der Waals surface area contributed by atoms with Crippen molar-refractivity contribution in [3.8, 4) is 11.1 Å². The van der Waals surface area contributed by atoms with E-state index in [1.165, 1.54) is 12.4 Å². The zero-order valence-corrected chi connectivity index (χ0v) is 14.3. The summed E-state index contributed by atoms with van der Waals surface area (Å²) in [6, 6.07) is 9.63. The molecule has 0 saturated heterocycles. The molecule has 0 aliphatic heterocycles. The van der Waals surface area contributed by atoms with Crippen molar-refractivity contribution in [2.75, 3.05) is 0 Å². The average Bonchev–Trinajstić information content (AvgIpc) is 3.19. The van der Waals surface area contributed by atoms with E-state index in [-0.39, 0.29) is 6.61 Å². The maximum absolute atomic E-state index is 9.17. The SMILES string of the molecule is Cc1c(C=N)c(-c2ccc(C=N)cc2)c(C)n1Cc1cc(CO)n[nH]1. The van der Waals surface area contributed by atoms with Gasteiger partial charge in [-0.25, -0.2) is 0 Å². The van der Waals surface area contributed by atoms with E-state index in [1.54, 1.807) is 0 Å². The van der Waals surface area contributed by atoms with Crippen molar-refractivity contribution in [3.63, 3.8) is 0 Å². The Hall–Kier alpha value is -2.99. The van der Waals surface area contributed by atoms with Crippen LogP contribution in [0.2, 0.25) is 0 Å². The third kappa shape index (κ3) is 3.04. The van der Waals surface area contributed by atoms with Crippen LogP contribution in [0.3, 0.4) is 0 Å². The van der Waals surface area contributed by atoms with Crippen LogP contribution >= 0.6 is 0 Å². The number of H-pyrrole nitrogens is 1. The lowest BCUT2D eigenvalue weighted by Crippen LogP contribution is -2.04. The molecule has 0 unspecified atom stereocenters. The first-order valence-corrected chi connectivity index (χ1v) is 8.04. The molecule has 0 aliphatic carbocycles. The van der Waals surface area contributed by atoms with E-state index in [0.29, 0.717) is 12.2 Å². The smallest absolute Gasteiger partial charge is 0.0879 e. The van der Waals surface area contributed by atoms with Gasteiger partial charge in [-0.3, -0.25) is 5.10 Å². The molecule has 1 aromatic carbocycles. The van der Waals surface area contributed by atoms with E-state index in [4.69, 9.17) is 15.9 Å². The normalized spacial score (nSPS) is 10.8. The van der Waals surface area contributed by atoms with Crippen LogP contribution in [0.4, 0.5) is 0 Å². The minimum atomic E-state index is -0.0868. The van der Waals surface area contributed by atoms with Crippen LogP contribution in [-0.4, -0.2) is 32.3 Å².